The molecule has 3 fully saturated rings. The van der Waals surface area contributed by atoms with Crippen molar-refractivity contribution in [1.29, 1.82) is 0 Å². The molecule has 19 heavy (non-hydrogen) atoms. The fraction of sp³-hybridized carbons (Fsp3) is 0.933. The molecule has 3 unspecified atom stereocenters. The van der Waals surface area contributed by atoms with E-state index in [2.05, 4.69) is 0 Å². The minimum absolute atomic E-state index is 0.190. The molecule has 1 heterocycles. The van der Waals surface area contributed by atoms with Gasteiger partial charge in [0.2, 0.25) is 5.91 Å². The van der Waals surface area contributed by atoms with Gasteiger partial charge in [-0.05, 0) is 31.6 Å². The molecule has 3 rings (SSSR count). The minimum atomic E-state index is -0.258. The Balaban J connectivity index is 1.57. The van der Waals surface area contributed by atoms with Crippen molar-refractivity contribution in [2.24, 2.45) is 17.6 Å². The molecule has 108 valence electrons. The van der Waals surface area contributed by atoms with Gasteiger partial charge in [0.1, 0.15) is 0 Å². The van der Waals surface area contributed by atoms with Crippen LogP contribution in [0.2, 0.25) is 0 Å². The first-order valence-corrected chi connectivity index (χ1v) is 7.82. The number of likely N-dealkylation sites (tertiary alicyclic amines) is 1. The van der Waals surface area contributed by atoms with Crippen molar-refractivity contribution in [1.82, 2.24) is 4.90 Å². The van der Waals surface area contributed by atoms with Crippen molar-refractivity contribution in [3.05, 3.63) is 0 Å². The summed E-state index contributed by atoms with van der Waals surface area (Å²) in [6.07, 6.45) is 7.85. The lowest BCUT2D eigenvalue weighted by molar-refractivity contribution is -0.132. The number of amides is 1. The van der Waals surface area contributed by atoms with Gasteiger partial charge in [-0.1, -0.05) is 19.3 Å². The summed E-state index contributed by atoms with van der Waals surface area (Å²) in [6, 6.07) is 0. The van der Waals surface area contributed by atoms with E-state index in [0.29, 0.717) is 18.3 Å². The lowest BCUT2D eigenvalue weighted by atomic mass is 9.80. The molecule has 1 aliphatic heterocycles. The molecule has 1 amide bonds. The van der Waals surface area contributed by atoms with E-state index >= 15 is 0 Å². The van der Waals surface area contributed by atoms with Crippen molar-refractivity contribution in [2.75, 3.05) is 13.1 Å². The van der Waals surface area contributed by atoms with Crippen LogP contribution in [0.15, 0.2) is 0 Å². The zero-order valence-electron chi connectivity index (χ0n) is 11.7. The lowest BCUT2D eigenvalue weighted by Gasteiger charge is -2.34. The van der Waals surface area contributed by atoms with Gasteiger partial charge in [-0.3, -0.25) is 4.79 Å². The van der Waals surface area contributed by atoms with Gasteiger partial charge in [-0.25, -0.2) is 0 Å². The Kier molecular flexibility index (Phi) is 3.56. The summed E-state index contributed by atoms with van der Waals surface area (Å²) >= 11 is 0. The van der Waals surface area contributed by atoms with Crippen LogP contribution in [0.1, 0.15) is 51.4 Å². The molecule has 3 aliphatic rings. The molecule has 2 aliphatic carbocycles. The Hall–Kier alpha value is -0.610. The molecule has 0 bridgehead atoms. The van der Waals surface area contributed by atoms with Gasteiger partial charge in [-0.15, -0.1) is 0 Å². The van der Waals surface area contributed by atoms with Crippen LogP contribution in [0.5, 0.6) is 0 Å². The lowest BCUT2D eigenvalue weighted by Crippen LogP contribution is -2.46. The molecule has 0 aromatic carbocycles. The number of carbonyl (C=O) groups is 1. The highest BCUT2D eigenvalue weighted by Gasteiger charge is 2.44. The Morgan fingerprint density at radius 3 is 2.63 bits per heavy atom. The maximum absolute atomic E-state index is 12.4. The van der Waals surface area contributed by atoms with Crippen LogP contribution >= 0.6 is 0 Å². The third-order valence-corrected chi connectivity index (χ3v) is 5.52. The molecule has 3 N–H and O–H groups in total. The Morgan fingerprint density at radius 2 is 1.95 bits per heavy atom. The monoisotopic (exact) mass is 266 g/mol. The van der Waals surface area contributed by atoms with E-state index in [4.69, 9.17) is 5.73 Å². The summed E-state index contributed by atoms with van der Waals surface area (Å²) in [5, 5.41) is 9.91. The van der Waals surface area contributed by atoms with Crippen LogP contribution in [0.4, 0.5) is 0 Å². The largest absolute Gasteiger partial charge is 0.393 e. The van der Waals surface area contributed by atoms with E-state index in [1.165, 1.54) is 6.42 Å². The van der Waals surface area contributed by atoms with Crippen LogP contribution in [-0.2, 0) is 4.79 Å². The van der Waals surface area contributed by atoms with Crippen LogP contribution < -0.4 is 5.73 Å². The number of hydrogen-bond donors (Lipinski definition) is 2. The van der Waals surface area contributed by atoms with Crippen LogP contribution in [0.25, 0.3) is 0 Å². The number of carbonyl (C=O) groups excluding carboxylic acids is 1. The van der Waals surface area contributed by atoms with Crippen molar-refractivity contribution >= 4 is 5.91 Å². The fourth-order valence-corrected chi connectivity index (χ4v) is 4.29. The van der Waals surface area contributed by atoms with Gasteiger partial charge < -0.3 is 15.7 Å². The summed E-state index contributed by atoms with van der Waals surface area (Å²) < 4.78 is 0. The molecule has 0 spiro atoms. The maximum atomic E-state index is 12.4. The van der Waals surface area contributed by atoms with Gasteiger partial charge in [0, 0.05) is 31.0 Å². The van der Waals surface area contributed by atoms with Gasteiger partial charge in [0.15, 0.2) is 0 Å². The highest BCUT2D eigenvalue weighted by molar-refractivity contribution is 5.77. The predicted octanol–water partition coefficient (Wildman–Crippen LogP) is 1.27. The number of nitrogens with two attached hydrogens (primary N) is 1. The van der Waals surface area contributed by atoms with Crippen LogP contribution in [0.3, 0.4) is 0 Å². The number of fused-ring (bicyclic) bond motifs is 1. The summed E-state index contributed by atoms with van der Waals surface area (Å²) in [5.74, 6) is 1.06. The number of aliphatic hydroxyl groups is 1. The first kappa shape index (κ1) is 13.4. The molecule has 4 nitrogen and oxygen atoms in total. The van der Waals surface area contributed by atoms with E-state index in [1.807, 2.05) is 4.90 Å². The summed E-state index contributed by atoms with van der Waals surface area (Å²) in [4.78, 5) is 14.4. The van der Waals surface area contributed by atoms with E-state index < -0.39 is 0 Å². The van der Waals surface area contributed by atoms with Crippen molar-refractivity contribution in [2.45, 2.75) is 63.0 Å². The van der Waals surface area contributed by atoms with Gasteiger partial charge in [0.05, 0.1) is 6.10 Å². The van der Waals surface area contributed by atoms with Gasteiger partial charge in [-0.2, -0.15) is 0 Å². The van der Waals surface area contributed by atoms with Crippen molar-refractivity contribution in [3.63, 3.8) is 0 Å². The number of nitrogens with zero attached hydrogens (tertiary/aromatic N) is 1. The predicted molar refractivity (Wildman–Crippen MR) is 73.4 cm³/mol. The van der Waals surface area contributed by atoms with E-state index in [9.17, 15) is 9.90 Å². The molecule has 3 atom stereocenters. The second-order valence-electron chi connectivity index (χ2n) is 6.97. The number of aliphatic hydroxyl groups excluding tert-OH is 1. The highest BCUT2D eigenvalue weighted by atomic mass is 16.3. The zero-order chi connectivity index (χ0) is 13.5. The topological polar surface area (TPSA) is 66.6 Å². The summed E-state index contributed by atoms with van der Waals surface area (Å²) in [6.45, 7) is 1.59. The SMILES string of the molecule is NC1(CC(=O)N2CC3CCC(O)C3C2)CCCCC1. The van der Waals surface area contributed by atoms with E-state index in [-0.39, 0.29) is 17.6 Å². The third kappa shape index (κ3) is 2.65. The molecule has 1 saturated heterocycles. The Labute approximate surface area is 115 Å². The maximum Gasteiger partial charge on any atom is 0.224 e. The van der Waals surface area contributed by atoms with Gasteiger partial charge >= 0.3 is 0 Å². The molecule has 0 aromatic heterocycles. The number of hydrogen-bond acceptors (Lipinski definition) is 3. The zero-order valence-corrected chi connectivity index (χ0v) is 11.7. The highest BCUT2D eigenvalue weighted by Crippen LogP contribution is 2.39. The minimum Gasteiger partial charge on any atom is -0.393 e. The van der Waals surface area contributed by atoms with Crippen molar-refractivity contribution in [3.8, 4) is 0 Å². The first-order chi connectivity index (χ1) is 9.07. The molecular formula is C15H26N2O2. The Bertz CT molecular complexity index is 352. The molecule has 0 radical (unpaired) electrons. The van der Waals surface area contributed by atoms with Gasteiger partial charge in [0.25, 0.3) is 0 Å². The molecule has 4 heteroatoms. The van der Waals surface area contributed by atoms with Crippen LogP contribution in [-0.4, -0.2) is 40.6 Å². The van der Waals surface area contributed by atoms with Crippen LogP contribution in [0, 0.1) is 11.8 Å². The molecule has 0 aromatic rings. The van der Waals surface area contributed by atoms with E-state index in [0.717, 1.165) is 51.6 Å². The normalized spacial score (nSPS) is 37.4. The summed E-state index contributed by atoms with van der Waals surface area (Å²) in [7, 11) is 0. The first-order valence-electron chi connectivity index (χ1n) is 7.82. The fourth-order valence-electron chi connectivity index (χ4n) is 4.29. The number of rotatable bonds is 2. The second-order valence-corrected chi connectivity index (χ2v) is 6.97. The average Bonchev–Trinajstić information content (AvgIpc) is 2.92. The molecule has 2 saturated carbocycles. The molecular weight excluding hydrogens is 240 g/mol. The van der Waals surface area contributed by atoms with Crippen molar-refractivity contribution < 1.29 is 9.90 Å². The quantitative estimate of drug-likeness (QED) is 0.791. The van der Waals surface area contributed by atoms with E-state index in [1.54, 1.807) is 0 Å². The standard InChI is InChI=1S/C15H26N2O2/c16-15(6-2-1-3-7-15)8-14(19)17-9-11-4-5-13(18)12(11)10-17/h11-13,18H,1-10,16H2. The summed E-state index contributed by atoms with van der Waals surface area (Å²) in [5.41, 5.74) is 6.12. The second kappa shape index (κ2) is 5.06. The Morgan fingerprint density at radius 1 is 1.21 bits per heavy atom. The third-order valence-electron chi connectivity index (χ3n) is 5.52. The smallest absolute Gasteiger partial charge is 0.224 e. The average molecular weight is 266 g/mol.